The van der Waals surface area contributed by atoms with Crippen molar-refractivity contribution < 1.29 is 9.59 Å². The van der Waals surface area contributed by atoms with Gasteiger partial charge in [0.1, 0.15) is 6.54 Å². The second-order valence-corrected chi connectivity index (χ2v) is 7.63. The number of amides is 2. The zero-order chi connectivity index (χ0) is 20.8. The first-order chi connectivity index (χ1) is 13.9. The molecule has 0 aromatic heterocycles. The predicted molar refractivity (Wildman–Crippen MR) is 117 cm³/mol. The van der Waals surface area contributed by atoms with Crippen LogP contribution in [-0.2, 0) is 9.59 Å². The van der Waals surface area contributed by atoms with Crippen LogP contribution in [0, 0.1) is 0 Å². The van der Waals surface area contributed by atoms with E-state index in [0.717, 1.165) is 11.3 Å². The molecule has 2 N–H and O–H groups in total. The first kappa shape index (κ1) is 21.4. The van der Waals surface area contributed by atoms with Crippen LogP contribution in [0.15, 0.2) is 47.6 Å². The lowest BCUT2D eigenvalue weighted by atomic mass is 10.0. The van der Waals surface area contributed by atoms with Gasteiger partial charge in [-0.15, -0.1) is 0 Å². The summed E-state index contributed by atoms with van der Waals surface area (Å²) in [5.74, 6) is -0.481. The molecule has 1 aliphatic rings. The Morgan fingerprint density at radius 2 is 1.69 bits per heavy atom. The highest BCUT2D eigenvalue weighted by Gasteiger charge is 2.23. The Bertz CT molecular complexity index is 912. The summed E-state index contributed by atoms with van der Waals surface area (Å²) in [6.07, 6.45) is 0.836. The summed E-state index contributed by atoms with van der Waals surface area (Å²) in [6, 6.07) is 12.4. The molecular weight excluding hydrogens is 435 g/mol. The largest absolute Gasteiger partial charge is 0.381 e. The normalized spacial score (nSPS) is 13.8. The highest BCUT2D eigenvalue weighted by Crippen LogP contribution is 2.29. The fourth-order valence-corrected chi connectivity index (χ4v) is 3.48. The van der Waals surface area contributed by atoms with E-state index in [1.165, 1.54) is 5.01 Å². The summed E-state index contributed by atoms with van der Waals surface area (Å²) in [5, 5.41) is 13.0. The number of halogens is 3. The molecule has 2 amide bonds. The SMILES string of the molecule is O=C(CN1N=C(c2ccc(Cl)cc2)CCC1=O)NCCNc1c(Cl)cccc1Cl. The van der Waals surface area contributed by atoms with Gasteiger partial charge in [0.25, 0.3) is 0 Å². The van der Waals surface area contributed by atoms with Crippen LogP contribution in [0.1, 0.15) is 18.4 Å². The van der Waals surface area contributed by atoms with Gasteiger partial charge in [0.15, 0.2) is 0 Å². The lowest BCUT2D eigenvalue weighted by Crippen LogP contribution is -2.41. The van der Waals surface area contributed by atoms with Crippen molar-refractivity contribution in [3.63, 3.8) is 0 Å². The number of carbonyl (C=O) groups is 2. The molecule has 6 nitrogen and oxygen atoms in total. The Hall–Kier alpha value is -2.28. The van der Waals surface area contributed by atoms with E-state index in [-0.39, 0.29) is 18.4 Å². The van der Waals surface area contributed by atoms with Gasteiger partial charge in [0, 0.05) is 31.0 Å². The van der Waals surface area contributed by atoms with Crippen molar-refractivity contribution in [2.45, 2.75) is 12.8 Å². The van der Waals surface area contributed by atoms with E-state index in [1.54, 1.807) is 30.3 Å². The van der Waals surface area contributed by atoms with E-state index in [4.69, 9.17) is 34.8 Å². The average Bonchev–Trinajstić information content (AvgIpc) is 2.69. The van der Waals surface area contributed by atoms with E-state index in [9.17, 15) is 9.59 Å². The van der Waals surface area contributed by atoms with Crippen molar-refractivity contribution in [1.29, 1.82) is 0 Å². The fourth-order valence-electron chi connectivity index (χ4n) is 2.82. The average molecular weight is 454 g/mol. The highest BCUT2D eigenvalue weighted by atomic mass is 35.5. The number of para-hydroxylation sites is 1. The van der Waals surface area contributed by atoms with Gasteiger partial charge in [0.2, 0.25) is 11.8 Å². The van der Waals surface area contributed by atoms with Crippen LogP contribution in [0.2, 0.25) is 15.1 Å². The Morgan fingerprint density at radius 1 is 1.00 bits per heavy atom. The number of anilines is 1. The monoisotopic (exact) mass is 452 g/mol. The zero-order valence-corrected chi connectivity index (χ0v) is 17.7. The van der Waals surface area contributed by atoms with E-state index >= 15 is 0 Å². The third-order valence-corrected chi connectivity index (χ3v) is 5.17. The molecule has 0 spiro atoms. The van der Waals surface area contributed by atoms with Crippen LogP contribution in [0.25, 0.3) is 0 Å². The van der Waals surface area contributed by atoms with Crippen LogP contribution < -0.4 is 10.6 Å². The molecule has 0 unspecified atom stereocenters. The molecule has 1 aliphatic heterocycles. The maximum Gasteiger partial charge on any atom is 0.243 e. The molecule has 152 valence electrons. The van der Waals surface area contributed by atoms with Crippen LogP contribution in [-0.4, -0.2) is 42.2 Å². The van der Waals surface area contributed by atoms with Crippen molar-refractivity contribution in [2.24, 2.45) is 5.10 Å². The Balaban J connectivity index is 1.52. The molecule has 0 radical (unpaired) electrons. The number of hydrazone groups is 1. The van der Waals surface area contributed by atoms with Crippen LogP contribution in [0.5, 0.6) is 0 Å². The van der Waals surface area contributed by atoms with Crippen molar-refractivity contribution >= 4 is 58.0 Å². The Labute approximate surface area is 183 Å². The molecule has 0 saturated carbocycles. The van der Waals surface area contributed by atoms with Gasteiger partial charge in [-0.2, -0.15) is 5.10 Å². The summed E-state index contributed by atoms with van der Waals surface area (Å²) in [7, 11) is 0. The van der Waals surface area contributed by atoms with E-state index < -0.39 is 0 Å². The number of hydrogen-bond acceptors (Lipinski definition) is 4. The van der Waals surface area contributed by atoms with Gasteiger partial charge in [0.05, 0.1) is 21.4 Å². The van der Waals surface area contributed by atoms with Crippen molar-refractivity contribution in [3.8, 4) is 0 Å². The van der Waals surface area contributed by atoms with Crippen molar-refractivity contribution in [1.82, 2.24) is 10.3 Å². The minimum Gasteiger partial charge on any atom is -0.381 e. The summed E-state index contributed by atoms with van der Waals surface area (Å²) in [4.78, 5) is 24.3. The first-order valence-electron chi connectivity index (χ1n) is 9.02. The minimum absolute atomic E-state index is 0.136. The molecule has 29 heavy (non-hydrogen) atoms. The predicted octanol–water partition coefficient (Wildman–Crippen LogP) is 4.20. The Kier molecular flexibility index (Phi) is 7.36. The van der Waals surface area contributed by atoms with Crippen molar-refractivity contribution in [3.05, 3.63) is 63.1 Å². The molecule has 0 bridgehead atoms. The molecule has 0 saturated heterocycles. The van der Waals surface area contributed by atoms with E-state index in [0.29, 0.717) is 46.7 Å². The molecule has 9 heteroatoms. The van der Waals surface area contributed by atoms with Gasteiger partial charge in [-0.1, -0.05) is 53.0 Å². The summed E-state index contributed by atoms with van der Waals surface area (Å²) >= 11 is 18.1. The smallest absolute Gasteiger partial charge is 0.243 e. The number of carbonyl (C=O) groups excluding carboxylic acids is 2. The lowest BCUT2D eigenvalue weighted by molar-refractivity contribution is -0.136. The molecule has 0 atom stereocenters. The van der Waals surface area contributed by atoms with Crippen molar-refractivity contribution in [2.75, 3.05) is 25.0 Å². The molecule has 3 rings (SSSR count). The quantitative estimate of drug-likeness (QED) is 0.617. The van der Waals surface area contributed by atoms with Gasteiger partial charge in [-0.05, 0) is 29.8 Å². The summed E-state index contributed by atoms with van der Waals surface area (Å²) in [6.45, 7) is 0.640. The standard InChI is InChI=1S/C20H19Cl3N4O2/c21-14-6-4-13(5-7-14)17-8-9-19(29)27(26-17)12-18(28)24-10-11-25-20-15(22)2-1-3-16(20)23/h1-7,25H,8-12H2,(H,24,28). The topological polar surface area (TPSA) is 73.8 Å². The highest BCUT2D eigenvalue weighted by molar-refractivity contribution is 6.39. The van der Waals surface area contributed by atoms with Gasteiger partial charge in [-0.25, -0.2) is 5.01 Å². The third-order valence-electron chi connectivity index (χ3n) is 4.29. The number of hydrogen-bond donors (Lipinski definition) is 2. The number of rotatable bonds is 7. The second kappa shape index (κ2) is 9.96. The maximum absolute atomic E-state index is 12.2. The number of nitrogens with zero attached hydrogens (tertiary/aromatic N) is 2. The van der Waals surface area contributed by atoms with E-state index in [2.05, 4.69) is 15.7 Å². The van der Waals surface area contributed by atoms with Gasteiger partial charge < -0.3 is 10.6 Å². The third kappa shape index (κ3) is 5.85. The van der Waals surface area contributed by atoms with Gasteiger partial charge >= 0.3 is 0 Å². The minimum atomic E-state index is -0.300. The second-order valence-electron chi connectivity index (χ2n) is 6.38. The molecule has 2 aromatic rings. The van der Waals surface area contributed by atoms with Gasteiger partial charge in [-0.3, -0.25) is 9.59 Å². The number of benzene rings is 2. The lowest BCUT2D eigenvalue weighted by Gasteiger charge is -2.23. The van der Waals surface area contributed by atoms with Crippen LogP contribution in [0.4, 0.5) is 5.69 Å². The summed E-state index contributed by atoms with van der Waals surface area (Å²) < 4.78 is 0. The molecule has 0 aliphatic carbocycles. The molecule has 1 heterocycles. The Morgan fingerprint density at radius 3 is 2.38 bits per heavy atom. The molecular formula is C20H19Cl3N4O2. The maximum atomic E-state index is 12.2. The first-order valence-corrected chi connectivity index (χ1v) is 10.2. The molecule has 2 aromatic carbocycles. The fraction of sp³-hybridized carbons (Fsp3) is 0.250. The van der Waals surface area contributed by atoms with Crippen LogP contribution >= 0.6 is 34.8 Å². The zero-order valence-electron chi connectivity index (χ0n) is 15.4. The number of nitrogens with one attached hydrogen (secondary N) is 2. The van der Waals surface area contributed by atoms with Crippen LogP contribution in [0.3, 0.4) is 0 Å². The summed E-state index contributed by atoms with van der Waals surface area (Å²) in [5.41, 5.74) is 2.26. The van der Waals surface area contributed by atoms with E-state index in [1.807, 2.05) is 12.1 Å². The molecule has 0 fully saturated rings.